The Morgan fingerprint density at radius 3 is 2.26 bits per heavy atom. The van der Waals surface area contributed by atoms with Gasteiger partial charge in [0.2, 0.25) is 0 Å². The Bertz CT molecular complexity index is 449. The van der Waals surface area contributed by atoms with Gasteiger partial charge in [0.15, 0.2) is 0 Å². The van der Waals surface area contributed by atoms with Gasteiger partial charge in [-0.3, -0.25) is 4.68 Å². The second kappa shape index (κ2) is 5.35. The Morgan fingerprint density at radius 1 is 1.26 bits per heavy atom. The summed E-state index contributed by atoms with van der Waals surface area (Å²) >= 11 is 0. The molecule has 0 radical (unpaired) electrons. The van der Waals surface area contributed by atoms with Crippen LogP contribution in [0.2, 0.25) is 0 Å². The van der Waals surface area contributed by atoms with Crippen LogP contribution in [0.25, 0.3) is 0 Å². The lowest BCUT2D eigenvalue weighted by Gasteiger charge is -2.17. The zero-order valence-corrected chi connectivity index (χ0v) is 12.1. The van der Waals surface area contributed by atoms with E-state index in [4.69, 9.17) is 0 Å². The van der Waals surface area contributed by atoms with Gasteiger partial charge >= 0.3 is 5.97 Å². The van der Waals surface area contributed by atoms with Crippen molar-refractivity contribution >= 4 is 5.97 Å². The summed E-state index contributed by atoms with van der Waals surface area (Å²) in [5.74, 6) is -0.871. The molecule has 19 heavy (non-hydrogen) atoms. The number of rotatable bonds is 2. The second-order valence-electron chi connectivity index (χ2n) is 6.57. The number of carboxylic acid groups (broad SMARTS) is 1. The second-order valence-corrected chi connectivity index (χ2v) is 6.57. The van der Waals surface area contributed by atoms with E-state index in [9.17, 15) is 9.90 Å². The molecule has 0 amide bonds. The fourth-order valence-electron chi connectivity index (χ4n) is 2.81. The quantitative estimate of drug-likeness (QED) is 0.827. The number of aromatic nitrogens is 2. The fourth-order valence-corrected chi connectivity index (χ4v) is 2.81. The molecule has 1 aromatic heterocycles. The molecule has 0 bridgehead atoms. The molecule has 0 atom stereocenters. The Morgan fingerprint density at radius 2 is 1.84 bits per heavy atom. The predicted octanol–water partition coefficient (Wildman–Crippen LogP) is 3.77. The van der Waals surface area contributed by atoms with Gasteiger partial charge in [-0.05, 0) is 12.8 Å². The first kappa shape index (κ1) is 14.1. The third kappa shape index (κ3) is 3.17. The van der Waals surface area contributed by atoms with Crippen LogP contribution in [0.5, 0.6) is 0 Å². The minimum absolute atomic E-state index is 0.232. The Kier molecular flexibility index (Phi) is 3.97. The lowest BCUT2D eigenvalue weighted by Crippen LogP contribution is -2.17. The number of aromatic carboxylic acids is 1. The van der Waals surface area contributed by atoms with Crippen LogP contribution in [-0.2, 0) is 5.41 Å². The first-order valence-electron chi connectivity index (χ1n) is 7.22. The van der Waals surface area contributed by atoms with E-state index in [2.05, 4.69) is 5.10 Å². The average molecular weight is 264 g/mol. The van der Waals surface area contributed by atoms with Crippen LogP contribution in [0.3, 0.4) is 0 Å². The molecule has 1 aromatic rings. The molecule has 0 aliphatic heterocycles. The van der Waals surface area contributed by atoms with Gasteiger partial charge in [0.25, 0.3) is 0 Å². The largest absolute Gasteiger partial charge is 0.478 e. The molecule has 1 aliphatic rings. The minimum atomic E-state index is -0.871. The SMILES string of the molecule is CC(C)(C)c1nn(C2CCCCCC2)cc1C(=O)O. The number of carboxylic acids is 1. The summed E-state index contributed by atoms with van der Waals surface area (Å²) in [6.07, 6.45) is 8.98. The highest BCUT2D eigenvalue weighted by Crippen LogP contribution is 2.30. The molecule has 0 spiro atoms. The van der Waals surface area contributed by atoms with Gasteiger partial charge in [0.1, 0.15) is 5.56 Å². The molecule has 1 aliphatic carbocycles. The summed E-state index contributed by atoms with van der Waals surface area (Å²) in [5, 5.41) is 13.9. The number of carbonyl (C=O) groups is 1. The molecular weight excluding hydrogens is 240 g/mol. The molecule has 4 nitrogen and oxygen atoms in total. The maximum absolute atomic E-state index is 11.4. The lowest BCUT2D eigenvalue weighted by molar-refractivity contribution is 0.0694. The van der Waals surface area contributed by atoms with Gasteiger partial charge < -0.3 is 5.11 Å². The molecule has 1 N–H and O–H groups in total. The van der Waals surface area contributed by atoms with Gasteiger partial charge in [-0.1, -0.05) is 46.5 Å². The summed E-state index contributed by atoms with van der Waals surface area (Å²) in [6, 6.07) is 0.372. The van der Waals surface area contributed by atoms with E-state index >= 15 is 0 Å². The Hall–Kier alpha value is -1.32. The van der Waals surface area contributed by atoms with Crippen LogP contribution in [-0.4, -0.2) is 20.9 Å². The van der Waals surface area contributed by atoms with Crippen LogP contribution in [0.1, 0.15) is 81.4 Å². The molecule has 0 aromatic carbocycles. The van der Waals surface area contributed by atoms with Gasteiger partial charge in [-0.25, -0.2) is 4.79 Å². The minimum Gasteiger partial charge on any atom is -0.478 e. The average Bonchev–Trinajstić information content (AvgIpc) is 2.60. The van der Waals surface area contributed by atoms with E-state index in [0.717, 1.165) is 12.8 Å². The van der Waals surface area contributed by atoms with E-state index in [1.165, 1.54) is 25.7 Å². The number of hydrogen-bond acceptors (Lipinski definition) is 2. The normalized spacial score (nSPS) is 18.3. The lowest BCUT2D eigenvalue weighted by atomic mass is 9.90. The third-order valence-electron chi connectivity index (χ3n) is 3.87. The molecule has 1 fully saturated rings. The van der Waals surface area contributed by atoms with E-state index in [0.29, 0.717) is 17.3 Å². The van der Waals surface area contributed by atoms with Crippen molar-refractivity contribution in [3.63, 3.8) is 0 Å². The van der Waals surface area contributed by atoms with Gasteiger partial charge in [0.05, 0.1) is 11.7 Å². The van der Waals surface area contributed by atoms with Gasteiger partial charge in [-0.2, -0.15) is 5.10 Å². The summed E-state index contributed by atoms with van der Waals surface area (Å²) < 4.78 is 1.91. The third-order valence-corrected chi connectivity index (χ3v) is 3.87. The summed E-state index contributed by atoms with van der Waals surface area (Å²) in [7, 11) is 0. The first-order chi connectivity index (χ1) is 8.89. The molecular formula is C15H24N2O2. The van der Waals surface area contributed by atoms with Crippen molar-refractivity contribution < 1.29 is 9.90 Å². The highest BCUT2D eigenvalue weighted by molar-refractivity contribution is 5.89. The van der Waals surface area contributed by atoms with Crippen LogP contribution in [0, 0.1) is 0 Å². The first-order valence-corrected chi connectivity index (χ1v) is 7.22. The molecule has 4 heteroatoms. The molecule has 1 heterocycles. The zero-order valence-electron chi connectivity index (χ0n) is 12.1. The van der Waals surface area contributed by atoms with Crippen molar-refractivity contribution in [1.29, 1.82) is 0 Å². The van der Waals surface area contributed by atoms with Crippen LogP contribution in [0.4, 0.5) is 0 Å². The van der Waals surface area contributed by atoms with Crippen molar-refractivity contribution in [1.82, 2.24) is 9.78 Å². The van der Waals surface area contributed by atoms with Crippen molar-refractivity contribution in [3.05, 3.63) is 17.5 Å². The van der Waals surface area contributed by atoms with Crippen molar-refractivity contribution in [2.45, 2.75) is 70.8 Å². The van der Waals surface area contributed by atoms with Crippen molar-refractivity contribution in [2.75, 3.05) is 0 Å². The molecule has 2 rings (SSSR count). The monoisotopic (exact) mass is 264 g/mol. The van der Waals surface area contributed by atoms with Crippen molar-refractivity contribution in [2.24, 2.45) is 0 Å². The molecule has 0 saturated heterocycles. The van der Waals surface area contributed by atoms with Crippen molar-refractivity contribution in [3.8, 4) is 0 Å². The summed E-state index contributed by atoms with van der Waals surface area (Å²) in [4.78, 5) is 11.4. The molecule has 106 valence electrons. The van der Waals surface area contributed by atoms with Gasteiger partial charge in [-0.15, -0.1) is 0 Å². The molecule has 0 unspecified atom stereocenters. The highest BCUT2D eigenvalue weighted by Gasteiger charge is 2.27. The Balaban J connectivity index is 2.34. The predicted molar refractivity (Wildman–Crippen MR) is 74.6 cm³/mol. The maximum Gasteiger partial charge on any atom is 0.339 e. The van der Waals surface area contributed by atoms with Crippen LogP contribution >= 0.6 is 0 Å². The fraction of sp³-hybridized carbons (Fsp3) is 0.733. The van der Waals surface area contributed by atoms with E-state index in [1.807, 2.05) is 25.5 Å². The maximum atomic E-state index is 11.4. The smallest absolute Gasteiger partial charge is 0.339 e. The summed E-state index contributed by atoms with van der Waals surface area (Å²) in [6.45, 7) is 6.04. The zero-order chi connectivity index (χ0) is 14.0. The number of nitrogens with zero attached hydrogens (tertiary/aromatic N) is 2. The van der Waals surface area contributed by atoms with Crippen LogP contribution in [0.15, 0.2) is 6.20 Å². The molecule has 1 saturated carbocycles. The van der Waals surface area contributed by atoms with Crippen LogP contribution < -0.4 is 0 Å². The topological polar surface area (TPSA) is 55.1 Å². The van der Waals surface area contributed by atoms with E-state index in [-0.39, 0.29) is 5.41 Å². The highest BCUT2D eigenvalue weighted by atomic mass is 16.4. The van der Waals surface area contributed by atoms with E-state index in [1.54, 1.807) is 6.20 Å². The van der Waals surface area contributed by atoms with Gasteiger partial charge in [0, 0.05) is 11.6 Å². The summed E-state index contributed by atoms with van der Waals surface area (Å²) in [5.41, 5.74) is 0.824. The Labute approximate surface area is 114 Å². The standard InChI is InChI=1S/C15H24N2O2/c1-15(2,3)13-12(14(18)19)10-17(16-13)11-8-6-4-5-7-9-11/h10-11H,4-9H2,1-3H3,(H,18,19). The van der Waals surface area contributed by atoms with E-state index < -0.39 is 5.97 Å². The number of hydrogen-bond donors (Lipinski definition) is 1.